The van der Waals surface area contributed by atoms with Crippen LogP contribution in [0.1, 0.15) is 16.0 Å². The van der Waals surface area contributed by atoms with E-state index in [1.54, 1.807) is 17.6 Å². The van der Waals surface area contributed by atoms with Crippen molar-refractivity contribution < 1.29 is 4.79 Å². The molecule has 2 aromatic rings. The number of benzene rings is 1. The number of rotatable bonds is 5. The maximum atomic E-state index is 11.7. The number of hydrogen-bond acceptors (Lipinski definition) is 4. The molecule has 0 aliphatic carbocycles. The van der Waals surface area contributed by atoms with Crippen molar-refractivity contribution in [2.45, 2.75) is 13.8 Å². The molecule has 0 radical (unpaired) electrons. The second kappa shape index (κ2) is 7.38. The number of hydrazone groups is 1. The average Bonchev–Trinajstić information content (AvgIpc) is 2.83. The van der Waals surface area contributed by atoms with Crippen LogP contribution in [0.5, 0.6) is 0 Å². The van der Waals surface area contributed by atoms with Gasteiger partial charge in [-0.1, -0.05) is 17.7 Å². The van der Waals surface area contributed by atoms with Crippen LogP contribution in [0.15, 0.2) is 39.2 Å². The van der Waals surface area contributed by atoms with Crippen molar-refractivity contribution in [1.29, 1.82) is 0 Å². The number of nitrogens with zero attached hydrogens (tertiary/aromatic N) is 1. The van der Waals surface area contributed by atoms with E-state index in [1.807, 2.05) is 38.1 Å². The van der Waals surface area contributed by atoms with Crippen LogP contribution in [-0.4, -0.2) is 18.7 Å². The molecule has 1 heterocycles. The molecular formula is C15H16BrN3OS. The third kappa shape index (κ3) is 4.99. The van der Waals surface area contributed by atoms with E-state index in [2.05, 4.69) is 37.8 Å². The SMILES string of the molecule is Cc1ccc(NCC(=O)N/N=C\c2ccc(Br)s2)c(C)c1. The van der Waals surface area contributed by atoms with E-state index in [4.69, 9.17) is 0 Å². The number of hydrogen-bond donors (Lipinski definition) is 2. The number of carbonyl (C=O) groups excluding carboxylic acids is 1. The Bertz CT molecular complexity index is 667. The number of nitrogens with one attached hydrogen (secondary N) is 2. The molecule has 110 valence electrons. The molecule has 0 saturated carbocycles. The third-order valence-corrected chi connectivity index (χ3v) is 4.35. The molecule has 0 atom stereocenters. The summed E-state index contributed by atoms with van der Waals surface area (Å²) in [6.07, 6.45) is 1.63. The number of halogens is 1. The van der Waals surface area contributed by atoms with Gasteiger partial charge in [0.2, 0.25) is 0 Å². The Labute approximate surface area is 136 Å². The Balaban J connectivity index is 1.81. The van der Waals surface area contributed by atoms with Crippen LogP contribution >= 0.6 is 27.3 Å². The largest absolute Gasteiger partial charge is 0.376 e. The number of anilines is 1. The van der Waals surface area contributed by atoms with Crippen LogP contribution in [-0.2, 0) is 4.79 Å². The molecule has 0 aliphatic rings. The summed E-state index contributed by atoms with van der Waals surface area (Å²) in [5.41, 5.74) is 5.78. The van der Waals surface area contributed by atoms with Gasteiger partial charge in [0.15, 0.2) is 0 Å². The van der Waals surface area contributed by atoms with Gasteiger partial charge in [-0.2, -0.15) is 5.10 Å². The molecule has 2 N–H and O–H groups in total. The lowest BCUT2D eigenvalue weighted by atomic mass is 10.1. The summed E-state index contributed by atoms with van der Waals surface area (Å²) in [5.74, 6) is -0.179. The van der Waals surface area contributed by atoms with Gasteiger partial charge in [0.25, 0.3) is 5.91 Å². The number of amides is 1. The van der Waals surface area contributed by atoms with Gasteiger partial charge >= 0.3 is 0 Å². The maximum Gasteiger partial charge on any atom is 0.259 e. The van der Waals surface area contributed by atoms with Crippen molar-refractivity contribution in [3.63, 3.8) is 0 Å². The summed E-state index contributed by atoms with van der Waals surface area (Å²) in [6.45, 7) is 4.25. The predicted molar refractivity (Wildman–Crippen MR) is 92.2 cm³/mol. The second-order valence-electron chi connectivity index (χ2n) is 4.61. The highest BCUT2D eigenvalue weighted by Gasteiger charge is 2.02. The highest BCUT2D eigenvalue weighted by atomic mass is 79.9. The summed E-state index contributed by atoms with van der Waals surface area (Å²) in [5, 5.41) is 7.03. The monoisotopic (exact) mass is 365 g/mol. The molecule has 0 saturated heterocycles. The van der Waals surface area contributed by atoms with Gasteiger partial charge < -0.3 is 5.32 Å². The first-order chi connectivity index (χ1) is 10.0. The number of aryl methyl sites for hydroxylation is 2. The highest BCUT2D eigenvalue weighted by Crippen LogP contribution is 2.20. The lowest BCUT2D eigenvalue weighted by Crippen LogP contribution is -2.26. The van der Waals surface area contributed by atoms with Gasteiger partial charge in [-0.05, 0) is 53.5 Å². The second-order valence-corrected chi connectivity index (χ2v) is 7.10. The minimum Gasteiger partial charge on any atom is -0.376 e. The van der Waals surface area contributed by atoms with E-state index in [-0.39, 0.29) is 12.5 Å². The Morgan fingerprint density at radius 3 is 2.81 bits per heavy atom. The molecule has 1 aromatic heterocycles. The van der Waals surface area contributed by atoms with Crippen molar-refractivity contribution in [1.82, 2.24) is 5.43 Å². The molecule has 0 unspecified atom stereocenters. The Hall–Kier alpha value is -1.66. The quantitative estimate of drug-likeness (QED) is 0.626. The summed E-state index contributed by atoms with van der Waals surface area (Å²) in [7, 11) is 0. The van der Waals surface area contributed by atoms with Crippen LogP contribution in [0.2, 0.25) is 0 Å². The van der Waals surface area contributed by atoms with Gasteiger partial charge in [0.1, 0.15) is 0 Å². The fourth-order valence-electron chi connectivity index (χ4n) is 1.79. The first kappa shape index (κ1) is 15.7. The van der Waals surface area contributed by atoms with Crippen molar-refractivity contribution in [2.24, 2.45) is 5.10 Å². The molecule has 0 spiro atoms. The summed E-state index contributed by atoms with van der Waals surface area (Å²) in [6, 6.07) is 9.94. The molecule has 0 aliphatic heterocycles. The molecule has 1 aromatic carbocycles. The normalized spacial score (nSPS) is 10.8. The minimum absolute atomic E-state index is 0.179. The van der Waals surface area contributed by atoms with Crippen LogP contribution < -0.4 is 10.7 Å². The fourth-order valence-corrected chi connectivity index (χ4v) is 3.09. The van der Waals surface area contributed by atoms with Crippen molar-refractivity contribution >= 4 is 45.1 Å². The smallest absolute Gasteiger partial charge is 0.259 e. The lowest BCUT2D eigenvalue weighted by Gasteiger charge is -2.09. The number of thiophene rings is 1. The maximum absolute atomic E-state index is 11.7. The Kier molecular flexibility index (Phi) is 5.52. The van der Waals surface area contributed by atoms with Gasteiger partial charge in [-0.15, -0.1) is 11.3 Å². The van der Waals surface area contributed by atoms with Crippen LogP contribution in [0, 0.1) is 13.8 Å². The zero-order valence-corrected chi connectivity index (χ0v) is 14.2. The van der Waals surface area contributed by atoms with E-state index in [1.165, 1.54) is 5.56 Å². The van der Waals surface area contributed by atoms with E-state index >= 15 is 0 Å². The van der Waals surface area contributed by atoms with Crippen LogP contribution in [0.25, 0.3) is 0 Å². The van der Waals surface area contributed by atoms with Crippen molar-refractivity contribution in [3.8, 4) is 0 Å². The predicted octanol–water partition coefficient (Wildman–Crippen LogP) is 3.69. The minimum atomic E-state index is -0.179. The first-order valence-electron chi connectivity index (χ1n) is 6.43. The molecule has 0 bridgehead atoms. The molecule has 4 nitrogen and oxygen atoms in total. The van der Waals surface area contributed by atoms with Crippen LogP contribution in [0.4, 0.5) is 5.69 Å². The van der Waals surface area contributed by atoms with Gasteiger partial charge in [-0.25, -0.2) is 5.43 Å². The first-order valence-corrected chi connectivity index (χ1v) is 8.04. The van der Waals surface area contributed by atoms with Crippen LogP contribution in [0.3, 0.4) is 0 Å². The molecule has 0 fully saturated rings. The summed E-state index contributed by atoms with van der Waals surface area (Å²) < 4.78 is 1.03. The van der Waals surface area contributed by atoms with Crippen molar-refractivity contribution in [2.75, 3.05) is 11.9 Å². The van der Waals surface area contributed by atoms with E-state index in [0.29, 0.717) is 0 Å². The average molecular weight is 366 g/mol. The molecule has 21 heavy (non-hydrogen) atoms. The summed E-state index contributed by atoms with van der Waals surface area (Å²) in [4.78, 5) is 12.7. The van der Waals surface area contributed by atoms with E-state index in [9.17, 15) is 4.79 Å². The Morgan fingerprint density at radius 1 is 1.33 bits per heavy atom. The molecule has 2 rings (SSSR count). The fraction of sp³-hybridized carbons (Fsp3) is 0.200. The van der Waals surface area contributed by atoms with Crippen molar-refractivity contribution in [3.05, 3.63) is 50.1 Å². The van der Waals surface area contributed by atoms with Gasteiger partial charge in [-0.3, -0.25) is 4.79 Å². The topological polar surface area (TPSA) is 53.5 Å². The third-order valence-electron chi connectivity index (χ3n) is 2.80. The number of carbonyl (C=O) groups is 1. The highest BCUT2D eigenvalue weighted by molar-refractivity contribution is 9.11. The zero-order valence-electron chi connectivity index (χ0n) is 11.8. The molecule has 6 heteroatoms. The molecular weight excluding hydrogens is 350 g/mol. The molecule has 1 amide bonds. The van der Waals surface area contributed by atoms with Gasteiger partial charge in [0, 0.05) is 10.6 Å². The standard InChI is InChI=1S/C15H16BrN3OS/c1-10-3-5-13(11(2)7-10)17-9-15(20)19-18-8-12-4-6-14(16)21-12/h3-8,17H,9H2,1-2H3,(H,19,20)/b18-8-. The van der Waals surface area contributed by atoms with E-state index < -0.39 is 0 Å². The van der Waals surface area contributed by atoms with E-state index in [0.717, 1.165) is 19.9 Å². The lowest BCUT2D eigenvalue weighted by molar-refractivity contribution is -0.119. The van der Waals surface area contributed by atoms with Gasteiger partial charge in [0.05, 0.1) is 16.5 Å². The Morgan fingerprint density at radius 2 is 2.14 bits per heavy atom. The summed E-state index contributed by atoms with van der Waals surface area (Å²) >= 11 is 4.93. The zero-order chi connectivity index (χ0) is 15.2.